The lowest BCUT2D eigenvalue weighted by Gasteiger charge is -2.16. The summed E-state index contributed by atoms with van der Waals surface area (Å²) in [7, 11) is 0. The third-order valence-electron chi connectivity index (χ3n) is 3.97. The highest BCUT2D eigenvalue weighted by molar-refractivity contribution is 5.64. The van der Waals surface area contributed by atoms with Crippen molar-refractivity contribution in [2.45, 2.75) is 39.2 Å². The lowest BCUT2D eigenvalue weighted by atomic mass is 9.89. The number of aryl methyl sites for hydroxylation is 2. The second-order valence-electron chi connectivity index (χ2n) is 5.34. The first-order chi connectivity index (χ1) is 9.33. The quantitative estimate of drug-likeness (QED) is 0.811. The van der Waals surface area contributed by atoms with E-state index in [1.165, 1.54) is 36.8 Å². The molecular weight excluding hydrogens is 232 g/mol. The molecule has 3 rings (SSSR count). The van der Waals surface area contributed by atoms with Gasteiger partial charge in [-0.05, 0) is 54.9 Å². The SMILES string of the molecule is C/C(=C\Cn1ccnc1)c1ccc2c(c1)CCCC2. The highest BCUT2D eigenvalue weighted by atomic mass is 15.0. The Morgan fingerprint density at radius 1 is 1.26 bits per heavy atom. The number of nitrogens with zero attached hydrogens (tertiary/aromatic N) is 2. The van der Waals surface area contributed by atoms with Crippen LogP contribution in [0.2, 0.25) is 0 Å². The topological polar surface area (TPSA) is 17.8 Å². The van der Waals surface area contributed by atoms with Gasteiger partial charge in [0.2, 0.25) is 0 Å². The van der Waals surface area contributed by atoms with Crippen LogP contribution >= 0.6 is 0 Å². The molecule has 0 fully saturated rings. The van der Waals surface area contributed by atoms with Gasteiger partial charge >= 0.3 is 0 Å². The molecule has 0 saturated heterocycles. The van der Waals surface area contributed by atoms with Crippen LogP contribution < -0.4 is 0 Å². The van der Waals surface area contributed by atoms with Crippen molar-refractivity contribution in [2.24, 2.45) is 0 Å². The highest BCUT2D eigenvalue weighted by Gasteiger charge is 2.09. The van der Waals surface area contributed by atoms with Crippen LogP contribution in [0, 0.1) is 0 Å². The Morgan fingerprint density at radius 3 is 2.89 bits per heavy atom. The van der Waals surface area contributed by atoms with Gasteiger partial charge < -0.3 is 4.57 Å². The second kappa shape index (κ2) is 5.43. The van der Waals surface area contributed by atoms with E-state index in [1.54, 1.807) is 11.1 Å². The van der Waals surface area contributed by atoms with Gasteiger partial charge in [-0.2, -0.15) is 0 Å². The maximum Gasteiger partial charge on any atom is 0.0948 e. The summed E-state index contributed by atoms with van der Waals surface area (Å²) in [5, 5.41) is 0. The molecule has 0 unspecified atom stereocenters. The molecule has 0 atom stereocenters. The molecule has 2 nitrogen and oxygen atoms in total. The molecule has 98 valence electrons. The molecule has 19 heavy (non-hydrogen) atoms. The van der Waals surface area contributed by atoms with Crippen LogP contribution in [-0.2, 0) is 19.4 Å². The molecule has 0 aliphatic heterocycles. The van der Waals surface area contributed by atoms with Crippen molar-refractivity contribution in [2.75, 3.05) is 0 Å². The van der Waals surface area contributed by atoms with Crippen molar-refractivity contribution in [3.8, 4) is 0 Å². The first-order valence-electron chi connectivity index (χ1n) is 7.07. The molecule has 0 spiro atoms. The van der Waals surface area contributed by atoms with Crippen molar-refractivity contribution in [3.05, 3.63) is 59.7 Å². The van der Waals surface area contributed by atoms with Crippen LogP contribution in [0.15, 0.2) is 43.0 Å². The minimum absolute atomic E-state index is 0.892. The Morgan fingerprint density at radius 2 is 2.11 bits per heavy atom. The Hall–Kier alpha value is -1.83. The highest BCUT2D eigenvalue weighted by Crippen LogP contribution is 2.25. The third-order valence-corrected chi connectivity index (χ3v) is 3.97. The van der Waals surface area contributed by atoms with Gasteiger partial charge in [-0.15, -0.1) is 0 Å². The molecule has 1 aromatic carbocycles. The first-order valence-corrected chi connectivity index (χ1v) is 7.07. The lowest BCUT2D eigenvalue weighted by molar-refractivity contribution is 0.685. The van der Waals surface area contributed by atoms with Gasteiger partial charge in [0.15, 0.2) is 0 Å². The van der Waals surface area contributed by atoms with Gasteiger partial charge in [0, 0.05) is 18.9 Å². The van der Waals surface area contributed by atoms with Crippen LogP contribution in [0.4, 0.5) is 0 Å². The zero-order valence-electron chi connectivity index (χ0n) is 11.5. The van der Waals surface area contributed by atoms with E-state index in [0.29, 0.717) is 0 Å². The van der Waals surface area contributed by atoms with E-state index in [0.717, 1.165) is 6.54 Å². The van der Waals surface area contributed by atoms with E-state index in [4.69, 9.17) is 0 Å². The number of allylic oxidation sites excluding steroid dienone is 2. The minimum atomic E-state index is 0.892. The van der Waals surface area contributed by atoms with E-state index in [9.17, 15) is 0 Å². The summed E-state index contributed by atoms with van der Waals surface area (Å²) < 4.78 is 2.09. The van der Waals surface area contributed by atoms with E-state index in [-0.39, 0.29) is 0 Å². The first kappa shape index (κ1) is 12.2. The summed E-state index contributed by atoms with van der Waals surface area (Å²) in [5.41, 5.74) is 5.82. The summed E-state index contributed by atoms with van der Waals surface area (Å²) in [5.74, 6) is 0. The standard InChI is InChI=1S/C17H20N2/c1-14(8-10-19-11-9-18-13-19)16-7-6-15-4-2-3-5-17(15)12-16/h6-9,11-13H,2-5,10H2,1H3/b14-8+. The molecule has 2 heteroatoms. The molecular formula is C17H20N2. The Labute approximate surface area is 114 Å². The molecule has 0 radical (unpaired) electrons. The summed E-state index contributed by atoms with van der Waals surface area (Å²) >= 11 is 0. The Bertz CT molecular complexity index is 579. The molecule has 2 aromatic rings. The number of hydrogen-bond acceptors (Lipinski definition) is 1. The third kappa shape index (κ3) is 2.78. The van der Waals surface area contributed by atoms with Gasteiger partial charge in [-0.1, -0.05) is 24.3 Å². The lowest BCUT2D eigenvalue weighted by Crippen LogP contribution is -2.02. The Balaban J connectivity index is 1.79. The van der Waals surface area contributed by atoms with Crippen molar-refractivity contribution in [3.63, 3.8) is 0 Å². The number of imidazole rings is 1. The summed E-state index contributed by atoms with van der Waals surface area (Å²) in [6.45, 7) is 3.09. The van der Waals surface area contributed by atoms with Crippen molar-refractivity contribution in [1.29, 1.82) is 0 Å². The number of fused-ring (bicyclic) bond motifs is 1. The molecule has 0 amide bonds. The zero-order chi connectivity index (χ0) is 13.1. The van der Waals surface area contributed by atoms with Crippen molar-refractivity contribution >= 4 is 5.57 Å². The normalized spacial score (nSPS) is 15.3. The molecule has 1 aliphatic rings. The smallest absolute Gasteiger partial charge is 0.0948 e. The molecule has 0 saturated carbocycles. The largest absolute Gasteiger partial charge is 0.334 e. The molecule has 1 heterocycles. The van der Waals surface area contributed by atoms with Crippen molar-refractivity contribution in [1.82, 2.24) is 9.55 Å². The van der Waals surface area contributed by atoms with Crippen molar-refractivity contribution < 1.29 is 0 Å². The van der Waals surface area contributed by atoms with Gasteiger partial charge in [0.25, 0.3) is 0 Å². The van der Waals surface area contributed by atoms with Crippen LogP contribution in [0.25, 0.3) is 5.57 Å². The summed E-state index contributed by atoms with van der Waals surface area (Å²) in [4.78, 5) is 4.06. The number of aromatic nitrogens is 2. The molecule has 1 aliphatic carbocycles. The Kier molecular flexibility index (Phi) is 3.49. The summed E-state index contributed by atoms with van der Waals surface area (Å²) in [6.07, 6.45) is 13.1. The summed E-state index contributed by atoms with van der Waals surface area (Å²) in [6, 6.07) is 6.97. The van der Waals surface area contributed by atoms with Gasteiger partial charge in [0.1, 0.15) is 0 Å². The fraction of sp³-hybridized carbons (Fsp3) is 0.353. The molecule has 0 N–H and O–H groups in total. The van der Waals surface area contributed by atoms with E-state index < -0.39 is 0 Å². The minimum Gasteiger partial charge on any atom is -0.334 e. The van der Waals surface area contributed by atoms with Crippen LogP contribution in [0.3, 0.4) is 0 Å². The molecule has 1 aromatic heterocycles. The maximum atomic E-state index is 4.06. The fourth-order valence-electron chi connectivity index (χ4n) is 2.73. The van der Waals surface area contributed by atoms with E-state index >= 15 is 0 Å². The predicted molar refractivity (Wildman–Crippen MR) is 79.0 cm³/mol. The monoisotopic (exact) mass is 252 g/mol. The number of benzene rings is 1. The fourth-order valence-corrected chi connectivity index (χ4v) is 2.73. The van der Waals surface area contributed by atoms with E-state index in [2.05, 4.69) is 40.7 Å². The predicted octanol–water partition coefficient (Wildman–Crippen LogP) is 3.87. The van der Waals surface area contributed by atoms with Crippen LogP contribution in [-0.4, -0.2) is 9.55 Å². The van der Waals surface area contributed by atoms with Gasteiger partial charge in [-0.3, -0.25) is 0 Å². The van der Waals surface area contributed by atoms with Gasteiger partial charge in [0.05, 0.1) is 6.33 Å². The molecule has 0 bridgehead atoms. The average Bonchev–Trinajstić information content (AvgIpc) is 2.97. The zero-order valence-corrected chi connectivity index (χ0v) is 11.5. The number of hydrogen-bond donors (Lipinski definition) is 0. The second-order valence-corrected chi connectivity index (χ2v) is 5.34. The van der Waals surface area contributed by atoms with Crippen LogP contribution in [0.1, 0.15) is 36.5 Å². The van der Waals surface area contributed by atoms with Crippen LogP contribution in [0.5, 0.6) is 0 Å². The van der Waals surface area contributed by atoms with E-state index in [1.807, 2.05) is 18.7 Å². The van der Waals surface area contributed by atoms with Gasteiger partial charge in [-0.25, -0.2) is 4.98 Å². The average molecular weight is 252 g/mol. The maximum absolute atomic E-state index is 4.06. The number of rotatable bonds is 3.